The highest BCUT2D eigenvalue weighted by molar-refractivity contribution is 5.97. The van der Waals surface area contributed by atoms with Gasteiger partial charge >= 0.3 is 0 Å². The molecule has 3 nitrogen and oxygen atoms in total. The summed E-state index contributed by atoms with van der Waals surface area (Å²) >= 11 is 0. The van der Waals surface area contributed by atoms with Crippen LogP contribution in [0.4, 0.5) is 5.69 Å². The van der Waals surface area contributed by atoms with Gasteiger partial charge in [-0.1, -0.05) is 26.7 Å². The first-order chi connectivity index (χ1) is 9.44. The number of amides is 1. The second kappa shape index (κ2) is 5.86. The van der Waals surface area contributed by atoms with Crippen LogP contribution in [0.2, 0.25) is 0 Å². The van der Waals surface area contributed by atoms with Crippen LogP contribution in [0.15, 0.2) is 24.3 Å². The van der Waals surface area contributed by atoms with Crippen LogP contribution in [-0.2, 0) is 4.79 Å². The average molecular weight is 275 g/mol. The topological polar surface area (TPSA) is 40.5 Å². The van der Waals surface area contributed by atoms with Crippen molar-refractivity contribution in [3.05, 3.63) is 24.3 Å². The Balaban J connectivity index is 2.21. The van der Waals surface area contributed by atoms with E-state index in [1.54, 1.807) is 29.2 Å². The number of phenolic OH excluding ortho intramolecular Hbond substituents is 1. The maximum absolute atomic E-state index is 13.0. The summed E-state index contributed by atoms with van der Waals surface area (Å²) in [6.45, 7) is 4.38. The smallest absolute Gasteiger partial charge is 0.232 e. The van der Waals surface area contributed by atoms with Crippen molar-refractivity contribution in [3.8, 4) is 5.75 Å². The molecule has 0 radical (unpaired) electrons. The standard InChI is InChI=1S/C17H25NO2/c1-13(2)12-17(10-4-5-11-17)16(20)18(3)14-6-8-15(19)9-7-14/h6-9,13,19H,4-5,10-12H2,1-3H3. The Morgan fingerprint density at radius 2 is 1.80 bits per heavy atom. The molecule has 2 rings (SSSR count). The van der Waals surface area contributed by atoms with E-state index in [0.29, 0.717) is 5.92 Å². The van der Waals surface area contributed by atoms with Crippen LogP contribution >= 0.6 is 0 Å². The summed E-state index contributed by atoms with van der Waals surface area (Å²) < 4.78 is 0. The fourth-order valence-corrected chi connectivity index (χ4v) is 3.49. The van der Waals surface area contributed by atoms with Crippen LogP contribution in [0.25, 0.3) is 0 Å². The number of anilines is 1. The molecule has 0 spiro atoms. The van der Waals surface area contributed by atoms with Gasteiger partial charge in [0.05, 0.1) is 0 Å². The molecule has 0 heterocycles. The van der Waals surface area contributed by atoms with Gasteiger partial charge in [0.1, 0.15) is 5.75 Å². The van der Waals surface area contributed by atoms with Gasteiger partial charge in [0, 0.05) is 18.2 Å². The third-order valence-electron chi connectivity index (χ3n) is 4.35. The van der Waals surface area contributed by atoms with E-state index >= 15 is 0 Å². The van der Waals surface area contributed by atoms with Crippen molar-refractivity contribution in [2.75, 3.05) is 11.9 Å². The monoisotopic (exact) mass is 275 g/mol. The molecule has 0 aliphatic heterocycles. The minimum absolute atomic E-state index is 0.180. The number of rotatable bonds is 4. The minimum atomic E-state index is -0.180. The van der Waals surface area contributed by atoms with Gasteiger partial charge < -0.3 is 10.0 Å². The van der Waals surface area contributed by atoms with E-state index in [4.69, 9.17) is 0 Å². The van der Waals surface area contributed by atoms with E-state index in [0.717, 1.165) is 37.8 Å². The van der Waals surface area contributed by atoms with Crippen molar-refractivity contribution in [3.63, 3.8) is 0 Å². The van der Waals surface area contributed by atoms with E-state index in [1.807, 2.05) is 7.05 Å². The lowest BCUT2D eigenvalue weighted by Gasteiger charge is -2.33. The lowest BCUT2D eigenvalue weighted by molar-refractivity contribution is -0.128. The summed E-state index contributed by atoms with van der Waals surface area (Å²) in [6, 6.07) is 6.85. The SMILES string of the molecule is CC(C)CC1(C(=O)N(C)c2ccc(O)cc2)CCCC1. The first kappa shape index (κ1) is 14.9. The van der Waals surface area contributed by atoms with E-state index < -0.39 is 0 Å². The first-order valence-corrected chi connectivity index (χ1v) is 7.52. The fourth-order valence-electron chi connectivity index (χ4n) is 3.49. The minimum Gasteiger partial charge on any atom is -0.508 e. The Morgan fingerprint density at radius 3 is 2.30 bits per heavy atom. The van der Waals surface area contributed by atoms with E-state index in [1.165, 1.54) is 0 Å². The molecule has 3 heteroatoms. The maximum Gasteiger partial charge on any atom is 0.232 e. The number of aromatic hydroxyl groups is 1. The highest BCUT2D eigenvalue weighted by Crippen LogP contribution is 2.45. The van der Waals surface area contributed by atoms with Crippen LogP contribution < -0.4 is 4.90 Å². The summed E-state index contributed by atoms with van der Waals surface area (Å²) in [5.41, 5.74) is 0.670. The largest absolute Gasteiger partial charge is 0.508 e. The average Bonchev–Trinajstić information content (AvgIpc) is 2.87. The van der Waals surface area contributed by atoms with Gasteiger partial charge in [-0.2, -0.15) is 0 Å². The maximum atomic E-state index is 13.0. The predicted molar refractivity (Wildman–Crippen MR) is 81.9 cm³/mol. The van der Waals surface area contributed by atoms with E-state index in [2.05, 4.69) is 13.8 Å². The molecule has 1 aliphatic carbocycles. The van der Waals surface area contributed by atoms with Gasteiger partial charge in [-0.15, -0.1) is 0 Å². The zero-order valence-electron chi connectivity index (χ0n) is 12.7. The van der Waals surface area contributed by atoms with Gasteiger partial charge in [-0.3, -0.25) is 4.79 Å². The Morgan fingerprint density at radius 1 is 1.25 bits per heavy atom. The molecule has 0 bridgehead atoms. The van der Waals surface area contributed by atoms with Crippen molar-refractivity contribution < 1.29 is 9.90 Å². The Bertz CT molecular complexity index is 458. The number of nitrogens with zero attached hydrogens (tertiary/aromatic N) is 1. The molecule has 1 aromatic rings. The van der Waals surface area contributed by atoms with E-state index in [-0.39, 0.29) is 17.1 Å². The molecule has 0 unspecified atom stereocenters. The van der Waals surface area contributed by atoms with Gasteiger partial charge in [0.15, 0.2) is 0 Å². The molecule has 0 aromatic heterocycles. The summed E-state index contributed by atoms with van der Waals surface area (Å²) in [6.07, 6.45) is 5.29. The lowest BCUT2D eigenvalue weighted by Crippen LogP contribution is -2.41. The summed E-state index contributed by atoms with van der Waals surface area (Å²) in [5.74, 6) is 0.993. The fraction of sp³-hybridized carbons (Fsp3) is 0.588. The van der Waals surface area contributed by atoms with Crippen molar-refractivity contribution in [2.24, 2.45) is 11.3 Å². The van der Waals surface area contributed by atoms with Gasteiger partial charge in [-0.25, -0.2) is 0 Å². The molecule has 1 amide bonds. The molecule has 1 saturated carbocycles. The molecule has 0 atom stereocenters. The van der Waals surface area contributed by atoms with Crippen LogP contribution in [0.5, 0.6) is 5.75 Å². The molecule has 0 saturated heterocycles. The quantitative estimate of drug-likeness (QED) is 0.903. The second-order valence-electron chi connectivity index (χ2n) is 6.47. The lowest BCUT2D eigenvalue weighted by atomic mass is 9.77. The van der Waals surface area contributed by atoms with Crippen LogP contribution in [0.3, 0.4) is 0 Å². The first-order valence-electron chi connectivity index (χ1n) is 7.52. The van der Waals surface area contributed by atoms with Gasteiger partial charge in [-0.05, 0) is 49.4 Å². The van der Waals surface area contributed by atoms with Crippen molar-refractivity contribution >= 4 is 11.6 Å². The third kappa shape index (κ3) is 2.97. The number of carbonyl (C=O) groups is 1. The number of hydrogen-bond donors (Lipinski definition) is 1. The molecule has 1 aliphatic rings. The van der Waals surface area contributed by atoms with Crippen LogP contribution in [0.1, 0.15) is 46.0 Å². The number of carbonyl (C=O) groups excluding carboxylic acids is 1. The highest BCUT2D eigenvalue weighted by atomic mass is 16.3. The van der Waals surface area contributed by atoms with Gasteiger partial charge in [0.2, 0.25) is 5.91 Å². The number of benzene rings is 1. The van der Waals surface area contributed by atoms with Crippen LogP contribution in [-0.4, -0.2) is 18.1 Å². The Hall–Kier alpha value is -1.51. The second-order valence-corrected chi connectivity index (χ2v) is 6.47. The molecule has 110 valence electrons. The van der Waals surface area contributed by atoms with Gasteiger partial charge in [0.25, 0.3) is 0 Å². The zero-order valence-corrected chi connectivity index (χ0v) is 12.7. The zero-order chi connectivity index (χ0) is 14.8. The molecule has 1 aromatic carbocycles. The van der Waals surface area contributed by atoms with Crippen LogP contribution in [0, 0.1) is 11.3 Å². The van der Waals surface area contributed by atoms with Crippen molar-refractivity contribution in [1.82, 2.24) is 0 Å². The summed E-state index contributed by atoms with van der Waals surface area (Å²) in [7, 11) is 1.84. The number of phenols is 1. The predicted octanol–water partition coefficient (Wildman–Crippen LogP) is 3.96. The highest BCUT2D eigenvalue weighted by Gasteiger charge is 2.43. The molecule has 1 N–H and O–H groups in total. The molecule has 1 fully saturated rings. The Kier molecular flexibility index (Phi) is 4.36. The van der Waals surface area contributed by atoms with E-state index in [9.17, 15) is 9.90 Å². The Labute approximate surface area is 121 Å². The molecule has 20 heavy (non-hydrogen) atoms. The van der Waals surface area contributed by atoms with Crippen molar-refractivity contribution in [1.29, 1.82) is 0 Å². The summed E-state index contributed by atoms with van der Waals surface area (Å²) in [5, 5.41) is 9.35. The third-order valence-corrected chi connectivity index (χ3v) is 4.35. The normalized spacial score (nSPS) is 17.4. The summed E-state index contributed by atoms with van der Waals surface area (Å²) in [4.78, 5) is 14.7. The molecular weight excluding hydrogens is 250 g/mol. The van der Waals surface area contributed by atoms with Crippen molar-refractivity contribution in [2.45, 2.75) is 46.0 Å². The number of hydrogen-bond acceptors (Lipinski definition) is 2. The molecular formula is C17H25NO2.